The van der Waals surface area contributed by atoms with Crippen molar-refractivity contribution in [2.24, 2.45) is 0 Å². The van der Waals surface area contributed by atoms with E-state index in [2.05, 4.69) is 29.3 Å². The highest BCUT2D eigenvalue weighted by Crippen LogP contribution is 2.36. The van der Waals surface area contributed by atoms with Crippen LogP contribution in [-0.2, 0) is 0 Å². The SMILES string of the molecule is CCC[C@H](c1ccc2c(c1)OCO2)N1CCNCC1. The Balaban J connectivity index is 1.82. The van der Waals surface area contributed by atoms with Crippen molar-refractivity contribution in [1.82, 2.24) is 10.2 Å². The fraction of sp³-hybridized carbons (Fsp3) is 0.600. The third-order valence-corrected chi connectivity index (χ3v) is 3.94. The van der Waals surface area contributed by atoms with Crippen LogP contribution in [0.4, 0.5) is 0 Å². The van der Waals surface area contributed by atoms with Gasteiger partial charge in [-0.2, -0.15) is 0 Å². The van der Waals surface area contributed by atoms with E-state index in [4.69, 9.17) is 9.47 Å². The molecule has 0 saturated carbocycles. The molecule has 4 nitrogen and oxygen atoms in total. The van der Waals surface area contributed by atoms with Gasteiger partial charge in [0.25, 0.3) is 0 Å². The number of benzene rings is 1. The maximum absolute atomic E-state index is 5.50. The van der Waals surface area contributed by atoms with Gasteiger partial charge < -0.3 is 14.8 Å². The van der Waals surface area contributed by atoms with Gasteiger partial charge in [-0.3, -0.25) is 4.90 Å². The van der Waals surface area contributed by atoms with Crippen molar-refractivity contribution in [2.75, 3.05) is 33.0 Å². The van der Waals surface area contributed by atoms with Gasteiger partial charge in [-0.1, -0.05) is 19.4 Å². The first kappa shape index (κ1) is 12.8. The van der Waals surface area contributed by atoms with Gasteiger partial charge in [-0.05, 0) is 24.1 Å². The number of nitrogens with one attached hydrogen (secondary N) is 1. The van der Waals surface area contributed by atoms with Gasteiger partial charge in [-0.25, -0.2) is 0 Å². The lowest BCUT2D eigenvalue weighted by molar-refractivity contribution is 0.163. The molecule has 1 fully saturated rings. The Hall–Kier alpha value is -1.26. The van der Waals surface area contributed by atoms with Crippen molar-refractivity contribution in [3.8, 4) is 11.5 Å². The second-order valence-corrected chi connectivity index (χ2v) is 5.20. The largest absolute Gasteiger partial charge is 0.454 e. The van der Waals surface area contributed by atoms with E-state index in [9.17, 15) is 0 Å². The Morgan fingerprint density at radius 3 is 2.79 bits per heavy atom. The highest BCUT2D eigenvalue weighted by Gasteiger charge is 2.23. The van der Waals surface area contributed by atoms with Crippen LogP contribution >= 0.6 is 0 Å². The summed E-state index contributed by atoms with van der Waals surface area (Å²) in [5.74, 6) is 1.77. The maximum Gasteiger partial charge on any atom is 0.231 e. The Morgan fingerprint density at radius 1 is 1.21 bits per heavy atom. The predicted molar refractivity (Wildman–Crippen MR) is 74.7 cm³/mol. The molecule has 1 aromatic carbocycles. The smallest absolute Gasteiger partial charge is 0.231 e. The van der Waals surface area contributed by atoms with E-state index < -0.39 is 0 Å². The fourth-order valence-corrected chi connectivity index (χ4v) is 2.95. The molecule has 2 aliphatic heterocycles. The number of nitrogens with zero attached hydrogens (tertiary/aromatic N) is 1. The van der Waals surface area contributed by atoms with E-state index in [1.54, 1.807) is 0 Å². The van der Waals surface area contributed by atoms with Crippen molar-refractivity contribution in [2.45, 2.75) is 25.8 Å². The van der Waals surface area contributed by atoms with E-state index in [0.29, 0.717) is 12.8 Å². The molecule has 1 saturated heterocycles. The zero-order valence-electron chi connectivity index (χ0n) is 11.5. The van der Waals surface area contributed by atoms with E-state index >= 15 is 0 Å². The van der Waals surface area contributed by atoms with Crippen LogP contribution in [0.3, 0.4) is 0 Å². The predicted octanol–water partition coefficient (Wildman–Crippen LogP) is 2.16. The molecule has 1 N–H and O–H groups in total. The van der Waals surface area contributed by atoms with Crippen LogP contribution in [0.5, 0.6) is 11.5 Å². The number of hydrogen-bond donors (Lipinski definition) is 1. The minimum atomic E-state index is 0.352. The third kappa shape index (κ3) is 2.69. The molecule has 4 heteroatoms. The van der Waals surface area contributed by atoms with Crippen molar-refractivity contribution in [3.63, 3.8) is 0 Å². The van der Waals surface area contributed by atoms with E-state index in [0.717, 1.165) is 37.7 Å². The van der Waals surface area contributed by atoms with Crippen molar-refractivity contribution >= 4 is 0 Å². The molecule has 2 heterocycles. The van der Waals surface area contributed by atoms with Crippen molar-refractivity contribution < 1.29 is 9.47 Å². The average Bonchev–Trinajstić information content (AvgIpc) is 2.93. The van der Waals surface area contributed by atoms with Gasteiger partial charge in [0.15, 0.2) is 11.5 Å². The summed E-state index contributed by atoms with van der Waals surface area (Å²) in [6, 6.07) is 6.89. The maximum atomic E-state index is 5.50. The molecule has 0 aromatic heterocycles. The Morgan fingerprint density at radius 2 is 2.00 bits per heavy atom. The summed E-state index contributed by atoms with van der Waals surface area (Å²) in [7, 11) is 0. The van der Waals surface area contributed by atoms with Crippen LogP contribution in [0, 0.1) is 0 Å². The minimum Gasteiger partial charge on any atom is -0.454 e. The molecule has 19 heavy (non-hydrogen) atoms. The van der Waals surface area contributed by atoms with E-state index in [1.807, 2.05) is 6.07 Å². The van der Waals surface area contributed by atoms with Gasteiger partial charge in [0.2, 0.25) is 6.79 Å². The zero-order chi connectivity index (χ0) is 13.1. The summed E-state index contributed by atoms with van der Waals surface area (Å²) in [6.07, 6.45) is 2.39. The second-order valence-electron chi connectivity index (χ2n) is 5.20. The van der Waals surface area contributed by atoms with Gasteiger partial charge in [0, 0.05) is 32.2 Å². The Kier molecular flexibility index (Phi) is 3.89. The molecule has 1 atom stereocenters. The van der Waals surface area contributed by atoms with Gasteiger partial charge in [0.05, 0.1) is 0 Å². The first-order chi connectivity index (χ1) is 9.38. The normalized spacial score (nSPS) is 20.5. The third-order valence-electron chi connectivity index (χ3n) is 3.94. The van der Waals surface area contributed by atoms with Crippen LogP contribution in [0.15, 0.2) is 18.2 Å². The first-order valence-corrected chi connectivity index (χ1v) is 7.23. The molecule has 2 aliphatic rings. The van der Waals surface area contributed by atoms with E-state index in [-0.39, 0.29) is 0 Å². The molecule has 3 rings (SSSR count). The van der Waals surface area contributed by atoms with Crippen LogP contribution in [0.1, 0.15) is 31.4 Å². The molecule has 0 aliphatic carbocycles. The second kappa shape index (κ2) is 5.80. The van der Waals surface area contributed by atoms with Gasteiger partial charge in [0.1, 0.15) is 0 Å². The number of rotatable bonds is 4. The van der Waals surface area contributed by atoms with Crippen LogP contribution in [0.25, 0.3) is 0 Å². The summed E-state index contributed by atoms with van der Waals surface area (Å²) in [5, 5.41) is 3.42. The molecule has 1 aromatic rings. The van der Waals surface area contributed by atoms with E-state index in [1.165, 1.54) is 18.4 Å². The summed E-state index contributed by atoms with van der Waals surface area (Å²) in [5.41, 5.74) is 1.35. The highest BCUT2D eigenvalue weighted by molar-refractivity contribution is 5.45. The highest BCUT2D eigenvalue weighted by atomic mass is 16.7. The summed E-state index contributed by atoms with van der Waals surface area (Å²) in [4.78, 5) is 2.58. The topological polar surface area (TPSA) is 33.7 Å². The Bertz CT molecular complexity index is 430. The van der Waals surface area contributed by atoms with Crippen molar-refractivity contribution in [3.05, 3.63) is 23.8 Å². The summed E-state index contributed by atoms with van der Waals surface area (Å²) in [6.45, 7) is 7.03. The van der Waals surface area contributed by atoms with Gasteiger partial charge >= 0.3 is 0 Å². The lowest BCUT2D eigenvalue weighted by Gasteiger charge is -2.35. The zero-order valence-corrected chi connectivity index (χ0v) is 11.5. The molecule has 104 valence electrons. The van der Waals surface area contributed by atoms with Crippen molar-refractivity contribution in [1.29, 1.82) is 0 Å². The number of ether oxygens (including phenoxy) is 2. The fourth-order valence-electron chi connectivity index (χ4n) is 2.95. The summed E-state index contributed by atoms with van der Waals surface area (Å²) < 4.78 is 10.9. The lowest BCUT2D eigenvalue weighted by atomic mass is 9.99. The standard InChI is InChI=1S/C15H22N2O2/c1-2-3-13(17-8-6-16-7-9-17)12-4-5-14-15(10-12)19-11-18-14/h4-5,10,13,16H,2-3,6-9,11H2,1H3/t13-/m1/s1. The summed E-state index contributed by atoms with van der Waals surface area (Å²) >= 11 is 0. The minimum absolute atomic E-state index is 0.352. The number of piperazine rings is 1. The Labute approximate surface area is 114 Å². The molecule has 0 unspecified atom stereocenters. The number of hydrogen-bond acceptors (Lipinski definition) is 4. The van der Waals surface area contributed by atoms with Gasteiger partial charge in [-0.15, -0.1) is 0 Å². The molecule has 0 bridgehead atoms. The monoisotopic (exact) mass is 262 g/mol. The van der Waals surface area contributed by atoms with Crippen LogP contribution in [-0.4, -0.2) is 37.9 Å². The molecule has 0 spiro atoms. The molecule has 0 amide bonds. The number of fused-ring (bicyclic) bond motifs is 1. The van der Waals surface area contributed by atoms with Crippen LogP contribution in [0.2, 0.25) is 0 Å². The molecule has 0 radical (unpaired) electrons. The average molecular weight is 262 g/mol. The molecular weight excluding hydrogens is 240 g/mol. The van der Waals surface area contributed by atoms with Crippen LogP contribution < -0.4 is 14.8 Å². The first-order valence-electron chi connectivity index (χ1n) is 7.23. The lowest BCUT2D eigenvalue weighted by Crippen LogP contribution is -2.45. The quantitative estimate of drug-likeness (QED) is 0.901. The molecular formula is C15H22N2O2.